The van der Waals surface area contributed by atoms with Crippen LogP contribution in [0.1, 0.15) is 34.1 Å². The highest BCUT2D eigenvalue weighted by atomic mass is 16.5. The van der Waals surface area contributed by atoms with Gasteiger partial charge in [-0.3, -0.25) is 4.90 Å². The van der Waals surface area contributed by atoms with Gasteiger partial charge >= 0.3 is 0 Å². The monoisotopic (exact) mass is 226 g/mol. The maximum atomic E-state index is 6.08. The molecule has 3 nitrogen and oxygen atoms in total. The Bertz CT molecular complexity index is 230. The Hall–Kier alpha value is -0.120. The fourth-order valence-corrected chi connectivity index (χ4v) is 3.02. The zero-order valence-electron chi connectivity index (χ0n) is 11.2. The van der Waals surface area contributed by atoms with Crippen LogP contribution in [0.3, 0.4) is 0 Å². The summed E-state index contributed by atoms with van der Waals surface area (Å²) in [5.41, 5.74) is -0.000767. The average Bonchev–Trinajstić information content (AvgIpc) is 1.94. The van der Waals surface area contributed by atoms with E-state index in [2.05, 4.69) is 37.9 Å². The van der Waals surface area contributed by atoms with Crippen molar-refractivity contribution >= 4 is 0 Å². The van der Waals surface area contributed by atoms with Gasteiger partial charge in [-0.1, -0.05) is 0 Å². The lowest BCUT2D eigenvalue weighted by Gasteiger charge is -2.47. The van der Waals surface area contributed by atoms with Gasteiger partial charge in [-0.2, -0.15) is 0 Å². The predicted octanol–water partition coefficient (Wildman–Crippen LogP) is 1.49. The van der Waals surface area contributed by atoms with Crippen molar-refractivity contribution in [2.45, 2.75) is 45.3 Å². The minimum Gasteiger partial charge on any atom is -0.367 e. The van der Waals surface area contributed by atoms with Gasteiger partial charge in [-0.05, 0) is 59.7 Å². The van der Waals surface area contributed by atoms with Crippen LogP contribution < -0.4 is 5.32 Å². The van der Waals surface area contributed by atoms with E-state index in [1.54, 1.807) is 0 Å². The lowest BCUT2D eigenvalue weighted by Crippen LogP contribution is -2.57. The van der Waals surface area contributed by atoms with E-state index in [-0.39, 0.29) is 11.2 Å². The highest BCUT2D eigenvalue weighted by Gasteiger charge is 2.38. The second kappa shape index (κ2) is 4.28. The molecule has 3 heteroatoms. The molecule has 2 saturated heterocycles. The highest BCUT2D eigenvalue weighted by Crippen LogP contribution is 2.28. The molecule has 2 heterocycles. The molecule has 0 amide bonds. The third kappa shape index (κ3) is 3.19. The Morgan fingerprint density at radius 2 is 1.69 bits per heavy atom. The summed E-state index contributed by atoms with van der Waals surface area (Å²) in [4.78, 5) is 2.57. The summed E-state index contributed by atoms with van der Waals surface area (Å²) in [5, 5.41) is 3.34. The average molecular weight is 226 g/mol. The molecule has 0 bridgehead atoms. The van der Waals surface area contributed by atoms with E-state index >= 15 is 0 Å². The van der Waals surface area contributed by atoms with E-state index in [1.807, 2.05) is 0 Å². The first-order chi connectivity index (χ1) is 7.36. The zero-order chi connectivity index (χ0) is 11.8. The number of ether oxygens (including phenoxy) is 1. The third-order valence-corrected chi connectivity index (χ3v) is 3.48. The van der Waals surface area contributed by atoms with Crippen molar-refractivity contribution in [3.05, 3.63) is 0 Å². The van der Waals surface area contributed by atoms with E-state index in [1.165, 1.54) is 26.1 Å². The maximum Gasteiger partial charge on any atom is 0.0760 e. The first kappa shape index (κ1) is 12.3. The molecule has 1 N–H and O–H groups in total. The summed E-state index contributed by atoms with van der Waals surface area (Å²) in [6.07, 6.45) is 1.33. The van der Waals surface area contributed by atoms with E-state index < -0.39 is 0 Å². The second-order valence-electron chi connectivity index (χ2n) is 6.65. The Morgan fingerprint density at radius 3 is 2.12 bits per heavy atom. The Kier molecular flexibility index (Phi) is 3.30. The first-order valence-electron chi connectivity index (χ1n) is 6.50. The molecule has 0 unspecified atom stereocenters. The van der Waals surface area contributed by atoms with Crippen LogP contribution in [0.15, 0.2) is 0 Å². The molecule has 0 spiro atoms. The molecule has 0 aromatic carbocycles. The zero-order valence-corrected chi connectivity index (χ0v) is 11.2. The largest absolute Gasteiger partial charge is 0.367 e. The van der Waals surface area contributed by atoms with Crippen molar-refractivity contribution in [3.63, 3.8) is 0 Å². The molecule has 2 fully saturated rings. The van der Waals surface area contributed by atoms with Crippen molar-refractivity contribution in [1.29, 1.82) is 0 Å². The molecular formula is C13H26N2O. The SMILES string of the molecule is CC1(C)CN(CCC2CNC2)CC(C)(C)O1. The van der Waals surface area contributed by atoms with Crippen molar-refractivity contribution in [3.8, 4) is 0 Å². The van der Waals surface area contributed by atoms with Gasteiger partial charge in [0.15, 0.2) is 0 Å². The molecule has 2 aliphatic rings. The van der Waals surface area contributed by atoms with Gasteiger partial charge in [-0.25, -0.2) is 0 Å². The van der Waals surface area contributed by atoms with E-state index in [4.69, 9.17) is 4.74 Å². The topological polar surface area (TPSA) is 24.5 Å². The van der Waals surface area contributed by atoms with Crippen LogP contribution in [0.25, 0.3) is 0 Å². The molecule has 94 valence electrons. The number of rotatable bonds is 3. The van der Waals surface area contributed by atoms with Gasteiger partial charge in [0, 0.05) is 13.1 Å². The van der Waals surface area contributed by atoms with E-state index in [0.717, 1.165) is 19.0 Å². The Balaban J connectivity index is 1.83. The quantitative estimate of drug-likeness (QED) is 0.789. The minimum absolute atomic E-state index is 0.000383. The van der Waals surface area contributed by atoms with E-state index in [9.17, 15) is 0 Å². The number of nitrogens with one attached hydrogen (secondary N) is 1. The molecule has 2 rings (SSSR count). The van der Waals surface area contributed by atoms with Crippen LogP contribution in [0.5, 0.6) is 0 Å². The summed E-state index contributed by atoms with van der Waals surface area (Å²) in [7, 11) is 0. The lowest BCUT2D eigenvalue weighted by atomic mass is 9.96. The van der Waals surface area contributed by atoms with Crippen LogP contribution >= 0.6 is 0 Å². The van der Waals surface area contributed by atoms with Crippen molar-refractivity contribution in [2.75, 3.05) is 32.7 Å². The van der Waals surface area contributed by atoms with Gasteiger partial charge in [0.2, 0.25) is 0 Å². The van der Waals surface area contributed by atoms with Crippen LogP contribution in [0, 0.1) is 5.92 Å². The molecule has 16 heavy (non-hydrogen) atoms. The number of nitrogens with zero attached hydrogens (tertiary/aromatic N) is 1. The van der Waals surface area contributed by atoms with Gasteiger partial charge in [0.05, 0.1) is 11.2 Å². The number of hydrogen-bond acceptors (Lipinski definition) is 3. The molecule has 0 aromatic heterocycles. The van der Waals surface area contributed by atoms with E-state index in [0.29, 0.717) is 0 Å². The molecule has 0 saturated carbocycles. The second-order valence-corrected chi connectivity index (χ2v) is 6.65. The molecule has 0 aliphatic carbocycles. The van der Waals surface area contributed by atoms with Crippen LogP contribution in [-0.4, -0.2) is 48.8 Å². The summed E-state index contributed by atoms with van der Waals surface area (Å²) < 4.78 is 6.08. The minimum atomic E-state index is -0.000383. The van der Waals surface area contributed by atoms with Gasteiger partial charge < -0.3 is 10.1 Å². The predicted molar refractivity (Wildman–Crippen MR) is 66.7 cm³/mol. The van der Waals surface area contributed by atoms with Crippen molar-refractivity contribution in [2.24, 2.45) is 5.92 Å². The maximum absolute atomic E-state index is 6.08. The summed E-state index contributed by atoms with van der Waals surface area (Å²) in [5.74, 6) is 0.911. The number of morpholine rings is 1. The summed E-state index contributed by atoms with van der Waals surface area (Å²) >= 11 is 0. The fraction of sp³-hybridized carbons (Fsp3) is 1.00. The van der Waals surface area contributed by atoms with Crippen molar-refractivity contribution < 1.29 is 4.74 Å². The van der Waals surface area contributed by atoms with Crippen LogP contribution in [0.4, 0.5) is 0 Å². The van der Waals surface area contributed by atoms with Gasteiger partial charge in [-0.15, -0.1) is 0 Å². The van der Waals surface area contributed by atoms with Gasteiger partial charge in [0.25, 0.3) is 0 Å². The lowest BCUT2D eigenvalue weighted by molar-refractivity contribution is -0.180. The molecular weight excluding hydrogens is 200 g/mol. The normalized spacial score (nSPS) is 30.0. The third-order valence-electron chi connectivity index (χ3n) is 3.48. The van der Waals surface area contributed by atoms with Crippen LogP contribution in [-0.2, 0) is 4.74 Å². The molecule has 0 atom stereocenters. The molecule has 2 aliphatic heterocycles. The molecule has 0 aromatic rings. The summed E-state index contributed by atoms with van der Waals surface area (Å²) in [6.45, 7) is 14.6. The molecule has 0 radical (unpaired) electrons. The Morgan fingerprint density at radius 1 is 1.12 bits per heavy atom. The van der Waals surface area contributed by atoms with Gasteiger partial charge in [0.1, 0.15) is 0 Å². The van der Waals surface area contributed by atoms with Crippen LogP contribution in [0.2, 0.25) is 0 Å². The van der Waals surface area contributed by atoms with Crippen molar-refractivity contribution in [1.82, 2.24) is 10.2 Å². The summed E-state index contributed by atoms with van der Waals surface area (Å²) in [6, 6.07) is 0. The number of hydrogen-bond donors (Lipinski definition) is 1. The standard InChI is InChI=1S/C13H26N2O/c1-12(2)9-15(10-13(3,4)16-12)6-5-11-7-14-8-11/h11,14H,5-10H2,1-4H3. The first-order valence-corrected chi connectivity index (χ1v) is 6.50. The fourth-order valence-electron chi connectivity index (χ4n) is 3.02. The smallest absolute Gasteiger partial charge is 0.0760 e. The Labute approximate surface area is 99.5 Å². The highest BCUT2D eigenvalue weighted by molar-refractivity contribution is 4.89.